The molecule has 0 aliphatic rings. The van der Waals surface area contributed by atoms with E-state index in [0.29, 0.717) is 28.8 Å². The Morgan fingerprint density at radius 2 is 1.79 bits per heavy atom. The van der Waals surface area contributed by atoms with Gasteiger partial charge in [-0.25, -0.2) is 13.4 Å². The maximum Gasteiger partial charge on any atom is 0.260 e. The quantitative estimate of drug-likeness (QED) is 0.681. The Morgan fingerprint density at radius 1 is 1.12 bits per heavy atom. The Labute approximate surface area is 139 Å². The van der Waals surface area contributed by atoms with E-state index in [-0.39, 0.29) is 10.7 Å². The highest BCUT2D eigenvalue weighted by Gasteiger charge is 2.18. The van der Waals surface area contributed by atoms with Gasteiger partial charge in [0.25, 0.3) is 5.56 Å². The second kappa shape index (κ2) is 5.83. The van der Waals surface area contributed by atoms with Gasteiger partial charge in [-0.2, -0.15) is 4.98 Å². The fourth-order valence-electron chi connectivity index (χ4n) is 2.65. The molecule has 124 valence electrons. The molecule has 7 heteroatoms. The summed E-state index contributed by atoms with van der Waals surface area (Å²) in [6.07, 6.45) is 1.06. The number of sulfone groups is 1. The van der Waals surface area contributed by atoms with Crippen molar-refractivity contribution in [3.63, 3.8) is 0 Å². The van der Waals surface area contributed by atoms with Crippen molar-refractivity contribution in [1.29, 1.82) is 0 Å². The van der Waals surface area contributed by atoms with Gasteiger partial charge in [-0.15, -0.1) is 0 Å². The first kappa shape index (κ1) is 16.3. The number of pyridine rings is 1. The van der Waals surface area contributed by atoms with Crippen molar-refractivity contribution < 1.29 is 8.42 Å². The van der Waals surface area contributed by atoms with Gasteiger partial charge in [0.1, 0.15) is 5.65 Å². The summed E-state index contributed by atoms with van der Waals surface area (Å²) in [5.41, 5.74) is 2.02. The first-order chi connectivity index (χ1) is 11.3. The summed E-state index contributed by atoms with van der Waals surface area (Å²) < 4.78 is 25.1. The molecule has 0 fully saturated rings. The SMILES string of the molecule is CCn1c(=O)c(-c2ccccc2)cc2c(C)nc(S(C)(=O)=O)nc21. The van der Waals surface area contributed by atoms with Crippen LogP contribution in [0, 0.1) is 6.92 Å². The molecule has 0 radical (unpaired) electrons. The van der Waals surface area contributed by atoms with E-state index >= 15 is 0 Å². The molecule has 0 unspecified atom stereocenters. The third-order valence-corrected chi connectivity index (χ3v) is 4.69. The van der Waals surface area contributed by atoms with Gasteiger partial charge in [-0.3, -0.25) is 9.36 Å². The highest BCUT2D eigenvalue weighted by molar-refractivity contribution is 7.90. The largest absolute Gasteiger partial charge is 0.292 e. The minimum atomic E-state index is -3.55. The summed E-state index contributed by atoms with van der Waals surface area (Å²) >= 11 is 0. The van der Waals surface area contributed by atoms with Crippen LogP contribution in [0.1, 0.15) is 12.6 Å². The molecular formula is C17H17N3O3S. The van der Waals surface area contributed by atoms with E-state index in [1.165, 1.54) is 4.57 Å². The second-order valence-electron chi connectivity index (χ2n) is 5.57. The van der Waals surface area contributed by atoms with Gasteiger partial charge in [-0.1, -0.05) is 30.3 Å². The number of nitrogens with zero attached hydrogens (tertiary/aromatic N) is 3. The van der Waals surface area contributed by atoms with E-state index in [1.807, 2.05) is 37.3 Å². The molecule has 1 aromatic carbocycles. The van der Waals surface area contributed by atoms with Crippen LogP contribution in [0.4, 0.5) is 0 Å². The Balaban J connectivity index is 2.44. The predicted octanol–water partition coefficient (Wildman–Crippen LogP) is 2.19. The first-order valence-electron chi connectivity index (χ1n) is 7.50. The zero-order chi connectivity index (χ0) is 17.5. The van der Waals surface area contributed by atoms with Gasteiger partial charge in [0.15, 0.2) is 0 Å². The monoisotopic (exact) mass is 343 g/mol. The molecule has 0 bridgehead atoms. The van der Waals surface area contributed by atoms with Crippen molar-refractivity contribution in [2.24, 2.45) is 0 Å². The van der Waals surface area contributed by atoms with Crippen LogP contribution in [0.25, 0.3) is 22.2 Å². The van der Waals surface area contributed by atoms with Crippen molar-refractivity contribution in [2.45, 2.75) is 25.5 Å². The Hall–Kier alpha value is -2.54. The number of rotatable bonds is 3. The lowest BCUT2D eigenvalue weighted by molar-refractivity contribution is 0.592. The molecule has 0 aliphatic carbocycles. The molecule has 0 N–H and O–H groups in total. The van der Waals surface area contributed by atoms with Crippen LogP contribution >= 0.6 is 0 Å². The lowest BCUT2D eigenvalue weighted by Gasteiger charge is -2.12. The average Bonchev–Trinajstić information content (AvgIpc) is 2.54. The normalized spacial score (nSPS) is 11.8. The number of aromatic nitrogens is 3. The van der Waals surface area contributed by atoms with Crippen LogP contribution in [0.3, 0.4) is 0 Å². The van der Waals surface area contributed by atoms with Gasteiger partial charge >= 0.3 is 0 Å². The summed E-state index contributed by atoms with van der Waals surface area (Å²) in [5.74, 6) is 0. The van der Waals surface area contributed by atoms with Gasteiger partial charge in [0.05, 0.1) is 5.69 Å². The summed E-state index contributed by atoms with van der Waals surface area (Å²) in [7, 11) is -3.55. The maximum absolute atomic E-state index is 12.8. The van der Waals surface area contributed by atoms with Gasteiger partial charge in [0, 0.05) is 23.8 Å². The van der Waals surface area contributed by atoms with Crippen molar-refractivity contribution in [3.05, 3.63) is 52.4 Å². The van der Waals surface area contributed by atoms with E-state index in [1.54, 1.807) is 13.0 Å². The molecule has 0 amide bonds. The van der Waals surface area contributed by atoms with Gasteiger partial charge in [0.2, 0.25) is 15.0 Å². The van der Waals surface area contributed by atoms with Gasteiger partial charge in [-0.05, 0) is 25.5 Å². The molecule has 2 aromatic heterocycles. The molecule has 0 saturated heterocycles. The first-order valence-corrected chi connectivity index (χ1v) is 9.39. The van der Waals surface area contributed by atoms with Crippen molar-refractivity contribution in [2.75, 3.05) is 6.26 Å². The van der Waals surface area contributed by atoms with Crippen LogP contribution in [-0.2, 0) is 16.4 Å². The number of hydrogen-bond acceptors (Lipinski definition) is 5. The fraction of sp³-hybridized carbons (Fsp3) is 0.235. The van der Waals surface area contributed by atoms with Crippen LogP contribution < -0.4 is 5.56 Å². The predicted molar refractivity (Wildman–Crippen MR) is 92.8 cm³/mol. The zero-order valence-electron chi connectivity index (χ0n) is 13.6. The van der Waals surface area contributed by atoms with Crippen LogP contribution in [0.2, 0.25) is 0 Å². The van der Waals surface area contributed by atoms with Gasteiger partial charge < -0.3 is 0 Å². The Kier molecular flexibility index (Phi) is 3.96. The molecule has 0 saturated carbocycles. The molecule has 24 heavy (non-hydrogen) atoms. The fourth-order valence-corrected chi connectivity index (χ4v) is 3.20. The van der Waals surface area contributed by atoms with E-state index in [2.05, 4.69) is 9.97 Å². The van der Waals surface area contributed by atoms with E-state index in [9.17, 15) is 13.2 Å². The molecule has 3 aromatic rings. The molecule has 0 atom stereocenters. The highest BCUT2D eigenvalue weighted by Crippen LogP contribution is 2.22. The number of aryl methyl sites for hydroxylation is 2. The maximum atomic E-state index is 12.8. The van der Waals surface area contributed by atoms with Crippen LogP contribution in [0.5, 0.6) is 0 Å². The number of hydrogen-bond donors (Lipinski definition) is 0. The average molecular weight is 343 g/mol. The third kappa shape index (κ3) is 2.71. The summed E-state index contributed by atoms with van der Waals surface area (Å²) in [6.45, 7) is 3.93. The van der Waals surface area contributed by atoms with Crippen molar-refractivity contribution >= 4 is 20.9 Å². The summed E-state index contributed by atoms with van der Waals surface area (Å²) in [4.78, 5) is 21.1. The summed E-state index contributed by atoms with van der Waals surface area (Å²) in [5, 5.41) is 0.407. The third-order valence-electron chi connectivity index (χ3n) is 3.85. The number of fused-ring (bicyclic) bond motifs is 1. The van der Waals surface area contributed by atoms with E-state index in [4.69, 9.17) is 0 Å². The highest BCUT2D eigenvalue weighted by atomic mass is 32.2. The minimum absolute atomic E-state index is 0.200. The molecule has 2 heterocycles. The molecule has 6 nitrogen and oxygen atoms in total. The lowest BCUT2D eigenvalue weighted by atomic mass is 10.1. The molecular weight excluding hydrogens is 326 g/mol. The smallest absolute Gasteiger partial charge is 0.260 e. The Morgan fingerprint density at radius 3 is 2.38 bits per heavy atom. The topological polar surface area (TPSA) is 81.9 Å². The molecule has 0 spiro atoms. The Bertz CT molecular complexity index is 1090. The van der Waals surface area contributed by atoms with E-state index in [0.717, 1.165) is 11.8 Å². The minimum Gasteiger partial charge on any atom is -0.292 e. The molecule has 3 rings (SSSR count). The zero-order valence-corrected chi connectivity index (χ0v) is 14.5. The van der Waals surface area contributed by atoms with Crippen LogP contribution in [-0.4, -0.2) is 29.2 Å². The van der Waals surface area contributed by atoms with Crippen LogP contribution in [0.15, 0.2) is 46.3 Å². The summed E-state index contributed by atoms with van der Waals surface area (Å²) in [6, 6.07) is 11.1. The second-order valence-corrected chi connectivity index (χ2v) is 7.48. The van der Waals surface area contributed by atoms with E-state index < -0.39 is 9.84 Å². The number of benzene rings is 1. The van der Waals surface area contributed by atoms with Crippen molar-refractivity contribution in [3.8, 4) is 11.1 Å². The standard InChI is InChI=1S/C17H17N3O3S/c1-4-20-15-13(11(2)18-17(19-15)24(3,22)23)10-14(16(20)21)12-8-6-5-7-9-12/h5-10H,4H2,1-3H3. The molecule has 0 aliphatic heterocycles. The van der Waals surface area contributed by atoms with Crippen molar-refractivity contribution in [1.82, 2.24) is 14.5 Å². The lowest BCUT2D eigenvalue weighted by Crippen LogP contribution is -2.23.